The van der Waals surface area contributed by atoms with E-state index in [0.29, 0.717) is 37.2 Å². The van der Waals surface area contributed by atoms with Crippen molar-refractivity contribution in [3.05, 3.63) is 64.3 Å². The number of carboxylic acid groups (broad SMARTS) is 1. The van der Waals surface area contributed by atoms with Crippen molar-refractivity contribution < 1.29 is 19.4 Å². The average molecular weight is 988 g/mol. The largest absolute Gasteiger partial charge is 0.506 e. The van der Waals surface area contributed by atoms with Gasteiger partial charge in [0.05, 0.1) is 32.8 Å². The lowest BCUT2D eigenvalue weighted by Gasteiger charge is -2.22. The number of benzene rings is 3. The summed E-state index contributed by atoms with van der Waals surface area (Å²) in [6.07, 6.45) is 0. The molecule has 2 N–H and O–H groups in total. The number of aromatic hydroxyl groups is 1. The van der Waals surface area contributed by atoms with Crippen molar-refractivity contribution in [1.29, 1.82) is 0 Å². The molecule has 0 atom stereocenters. The van der Waals surface area contributed by atoms with Crippen LogP contribution in [0.2, 0.25) is 20.1 Å². The van der Waals surface area contributed by atoms with Gasteiger partial charge in [-0.05, 0) is 79.9 Å². The number of phenols is 1. The van der Waals surface area contributed by atoms with E-state index in [9.17, 15) is 19.8 Å². The quantitative estimate of drug-likeness (QED) is 0.0703. The van der Waals surface area contributed by atoms with Crippen LogP contribution in [-0.2, 0) is 4.43 Å². The first kappa shape index (κ1) is 27.5. The van der Waals surface area contributed by atoms with Crippen molar-refractivity contribution in [3.8, 4) is 28.2 Å². The summed E-state index contributed by atoms with van der Waals surface area (Å²) < 4.78 is 7.77. The molecular formula is C21H6Cl4I4O5. The topological polar surface area (TPSA) is 87.7 Å². The van der Waals surface area contributed by atoms with Crippen LogP contribution in [0.1, 0.15) is 15.9 Å². The molecule has 34 heavy (non-hydrogen) atoms. The third-order valence-corrected chi connectivity index (χ3v) is 10.2. The molecule has 2 aromatic carbocycles. The Morgan fingerprint density at radius 1 is 0.941 bits per heavy atom. The molecule has 4 rings (SSSR count). The number of rotatable bonds is 3. The number of fused-ring (bicyclic) bond motifs is 2. The van der Waals surface area contributed by atoms with Crippen LogP contribution in [-0.4, -0.2) is 16.2 Å². The van der Waals surface area contributed by atoms with Crippen molar-refractivity contribution in [2.75, 3.05) is 0 Å². The van der Waals surface area contributed by atoms with E-state index in [4.69, 9.17) is 50.8 Å². The highest BCUT2D eigenvalue weighted by atomic mass is 127. The number of carbonyl (C=O) groups is 1. The zero-order valence-corrected chi connectivity index (χ0v) is 27.7. The Morgan fingerprint density at radius 3 is 2.15 bits per heavy atom. The van der Waals surface area contributed by atoms with E-state index < -0.39 is 5.97 Å². The number of alkyl halides is 1. The Labute approximate surface area is 266 Å². The van der Waals surface area contributed by atoms with Crippen molar-refractivity contribution in [2.45, 2.75) is 4.43 Å². The van der Waals surface area contributed by atoms with Crippen molar-refractivity contribution >= 4 is 154 Å². The van der Waals surface area contributed by atoms with Gasteiger partial charge in [-0.15, -0.1) is 0 Å². The van der Waals surface area contributed by atoms with E-state index in [1.807, 2.05) is 67.8 Å². The second kappa shape index (κ2) is 10.3. The van der Waals surface area contributed by atoms with E-state index in [2.05, 4.69) is 22.6 Å². The fraction of sp³-hybridized carbons (Fsp3) is 0.0476. The van der Waals surface area contributed by atoms with Crippen molar-refractivity contribution in [1.82, 2.24) is 0 Å². The molecule has 5 nitrogen and oxygen atoms in total. The summed E-state index contributed by atoms with van der Waals surface area (Å²) in [5.41, 5.74) is 0.982. The molecule has 0 radical (unpaired) electrons. The van der Waals surface area contributed by atoms with Gasteiger partial charge in [0.2, 0.25) is 5.43 Å². The van der Waals surface area contributed by atoms with Crippen LogP contribution in [0.5, 0.6) is 5.75 Å². The minimum Gasteiger partial charge on any atom is -0.506 e. The van der Waals surface area contributed by atoms with Gasteiger partial charge in [-0.25, -0.2) is 4.79 Å². The third-order valence-electron chi connectivity index (χ3n) is 5.04. The first-order chi connectivity index (χ1) is 15.9. The molecular weight excluding hydrogens is 982 g/mol. The van der Waals surface area contributed by atoms with Crippen LogP contribution in [0.4, 0.5) is 0 Å². The summed E-state index contributed by atoms with van der Waals surface area (Å²) in [6, 6.07) is 3.25. The standard InChI is InChI=1S/C21H6Cl4I4O5/c22-12-10(11(21(32)33)13(23)15(25)14(12)24)9-4-1-7(27)17(30)6(3-26)19(4)34-20-5(9)2-8(28)18(31)16(20)29/h1-2,30H,3H2,(H,32,33). The highest BCUT2D eigenvalue weighted by Gasteiger charge is 2.32. The van der Waals surface area contributed by atoms with Gasteiger partial charge in [-0.2, -0.15) is 0 Å². The SMILES string of the molecule is O=C(O)c1c(Cl)c(Cl)c(Cl)c(Cl)c1-c1c2cc(I)c(=O)c(I)c-2oc2c(CI)c(O)c(I)cc12. The molecule has 176 valence electrons. The Bertz CT molecular complexity index is 1590. The van der Waals surface area contributed by atoms with Crippen LogP contribution >= 0.6 is 137 Å². The third kappa shape index (κ3) is 4.30. The van der Waals surface area contributed by atoms with Crippen LogP contribution in [0.25, 0.3) is 33.4 Å². The number of hydrogen-bond donors (Lipinski definition) is 2. The second-order valence-electron chi connectivity index (χ2n) is 6.86. The van der Waals surface area contributed by atoms with Crippen LogP contribution in [0, 0.1) is 10.7 Å². The van der Waals surface area contributed by atoms with Crippen LogP contribution in [0.15, 0.2) is 21.3 Å². The molecule has 0 amide bonds. The molecule has 0 aromatic heterocycles. The molecule has 0 spiro atoms. The molecule has 0 fully saturated rings. The average Bonchev–Trinajstić information content (AvgIpc) is 2.79. The lowest BCUT2D eigenvalue weighted by Crippen LogP contribution is -2.13. The predicted molar refractivity (Wildman–Crippen MR) is 169 cm³/mol. The number of carboxylic acids is 1. The summed E-state index contributed by atoms with van der Waals surface area (Å²) in [5, 5.41) is 20.6. The molecule has 13 heteroatoms. The number of phenolic OH excluding ortho intramolecular Hbond substituents is 1. The first-order valence-electron chi connectivity index (χ1n) is 8.86. The summed E-state index contributed by atoms with van der Waals surface area (Å²) in [6.45, 7) is 0. The second-order valence-corrected chi connectivity index (χ2v) is 12.5. The number of hydrogen-bond acceptors (Lipinski definition) is 4. The predicted octanol–water partition coefficient (Wildman–Crippen LogP) is 9.33. The summed E-state index contributed by atoms with van der Waals surface area (Å²) in [5.74, 6) is -1.12. The smallest absolute Gasteiger partial charge is 0.337 e. The van der Waals surface area contributed by atoms with Gasteiger partial charge < -0.3 is 14.6 Å². The Kier molecular flexibility index (Phi) is 8.36. The van der Waals surface area contributed by atoms with Crippen LogP contribution < -0.4 is 5.43 Å². The van der Waals surface area contributed by atoms with Gasteiger partial charge in [-0.1, -0.05) is 69.0 Å². The summed E-state index contributed by atoms with van der Waals surface area (Å²) >= 11 is 33.4. The highest BCUT2D eigenvalue weighted by molar-refractivity contribution is 14.1. The van der Waals surface area contributed by atoms with E-state index in [1.54, 1.807) is 12.1 Å². The molecule has 2 aromatic rings. The molecule has 2 aliphatic rings. The van der Waals surface area contributed by atoms with E-state index in [1.165, 1.54) is 0 Å². The maximum Gasteiger partial charge on any atom is 0.337 e. The molecule has 1 aliphatic carbocycles. The lowest BCUT2D eigenvalue weighted by atomic mass is 9.90. The Morgan fingerprint density at radius 2 is 1.56 bits per heavy atom. The number of halogens is 8. The maximum atomic E-state index is 12.7. The van der Waals surface area contributed by atoms with Crippen molar-refractivity contribution in [3.63, 3.8) is 0 Å². The van der Waals surface area contributed by atoms with Gasteiger partial charge in [0.25, 0.3) is 0 Å². The number of aromatic carboxylic acids is 1. The Hall–Kier alpha value is 0.480. The van der Waals surface area contributed by atoms with Crippen LogP contribution in [0.3, 0.4) is 0 Å². The van der Waals surface area contributed by atoms with Gasteiger partial charge in [0.15, 0.2) is 5.76 Å². The van der Waals surface area contributed by atoms with E-state index in [0.717, 1.165) is 0 Å². The molecule has 1 aliphatic heterocycles. The van der Waals surface area contributed by atoms with Gasteiger partial charge in [0, 0.05) is 32.1 Å². The molecule has 0 saturated carbocycles. The van der Waals surface area contributed by atoms with E-state index >= 15 is 0 Å². The van der Waals surface area contributed by atoms with Gasteiger partial charge >= 0.3 is 5.97 Å². The molecule has 0 unspecified atom stereocenters. The zero-order valence-electron chi connectivity index (χ0n) is 16.0. The first-order valence-corrected chi connectivity index (χ1v) is 15.1. The van der Waals surface area contributed by atoms with Gasteiger partial charge in [-0.3, -0.25) is 4.79 Å². The lowest BCUT2D eigenvalue weighted by molar-refractivity contribution is 0.0698. The summed E-state index contributed by atoms with van der Waals surface area (Å²) in [4.78, 5) is 25.1. The van der Waals surface area contributed by atoms with E-state index in [-0.39, 0.29) is 53.7 Å². The Balaban J connectivity index is 2.44. The fourth-order valence-corrected chi connectivity index (χ4v) is 7.72. The normalized spacial score (nSPS) is 11.5. The molecule has 1 heterocycles. The highest BCUT2D eigenvalue weighted by Crippen LogP contribution is 2.52. The minimum absolute atomic E-state index is 0.0242. The maximum absolute atomic E-state index is 12.7. The minimum atomic E-state index is -1.37. The van der Waals surface area contributed by atoms with Crippen molar-refractivity contribution in [2.24, 2.45) is 0 Å². The zero-order chi connectivity index (χ0) is 25.2. The fourth-order valence-electron chi connectivity index (χ4n) is 3.55. The van der Waals surface area contributed by atoms with Gasteiger partial charge in [0.1, 0.15) is 14.9 Å². The molecule has 0 saturated heterocycles. The monoisotopic (exact) mass is 986 g/mol. The molecule has 0 bridgehead atoms. The summed E-state index contributed by atoms with van der Waals surface area (Å²) in [7, 11) is 0.